The Kier molecular flexibility index (Phi) is 5.44. The highest BCUT2D eigenvalue weighted by molar-refractivity contribution is 6.00. The van der Waals surface area contributed by atoms with E-state index in [4.69, 9.17) is 16.2 Å². The van der Waals surface area contributed by atoms with Gasteiger partial charge in [-0.25, -0.2) is 4.79 Å². The molecule has 142 valence electrons. The monoisotopic (exact) mass is 362 g/mol. The number of hydrogen-bond donors (Lipinski definition) is 2. The second kappa shape index (κ2) is 7.23. The summed E-state index contributed by atoms with van der Waals surface area (Å²) in [7, 11) is 0. The SMILES string of the molecule is C[C@@H]1CN(C(=O)OC(C)(C)C)CCN1C(=O)c1cc(N)cc(C(N)=O)c1. The van der Waals surface area contributed by atoms with Gasteiger partial charge < -0.3 is 26.0 Å². The van der Waals surface area contributed by atoms with Gasteiger partial charge in [-0.2, -0.15) is 0 Å². The Bertz CT molecular complexity index is 726. The number of piperazine rings is 1. The summed E-state index contributed by atoms with van der Waals surface area (Å²) in [6.45, 7) is 8.38. The summed E-state index contributed by atoms with van der Waals surface area (Å²) < 4.78 is 5.38. The number of rotatable bonds is 2. The normalized spacial score (nSPS) is 17.8. The van der Waals surface area contributed by atoms with Gasteiger partial charge in [-0.05, 0) is 45.9 Å². The number of carbonyl (C=O) groups is 3. The largest absolute Gasteiger partial charge is 0.444 e. The molecule has 3 amide bonds. The minimum absolute atomic E-state index is 0.188. The van der Waals surface area contributed by atoms with Crippen LogP contribution in [0.15, 0.2) is 18.2 Å². The lowest BCUT2D eigenvalue weighted by Gasteiger charge is -2.40. The van der Waals surface area contributed by atoms with Gasteiger partial charge in [-0.15, -0.1) is 0 Å². The summed E-state index contributed by atoms with van der Waals surface area (Å²) in [6, 6.07) is 4.18. The molecule has 1 aromatic rings. The van der Waals surface area contributed by atoms with Crippen LogP contribution in [0.1, 0.15) is 48.4 Å². The number of nitrogen functional groups attached to an aromatic ring is 1. The molecule has 0 radical (unpaired) electrons. The van der Waals surface area contributed by atoms with Crippen molar-refractivity contribution in [2.45, 2.75) is 39.3 Å². The molecule has 0 bridgehead atoms. The van der Waals surface area contributed by atoms with Crippen molar-refractivity contribution in [3.8, 4) is 0 Å². The predicted octanol–water partition coefficient (Wildman–Crippen LogP) is 1.45. The fourth-order valence-electron chi connectivity index (χ4n) is 2.83. The topological polar surface area (TPSA) is 119 Å². The van der Waals surface area contributed by atoms with Crippen molar-refractivity contribution < 1.29 is 19.1 Å². The molecule has 26 heavy (non-hydrogen) atoms. The molecular weight excluding hydrogens is 336 g/mol. The molecule has 1 aromatic carbocycles. The number of nitrogens with zero attached hydrogens (tertiary/aromatic N) is 2. The molecule has 0 aromatic heterocycles. The molecule has 1 aliphatic rings. The van der Waals surface area contributed by atoms with Crippen molar-refractivity contribution in [1.82, 2.24) is 9.80 Å². The van der Waals surface area contributed by atoms with Gasteiger partial charge in [0.25, 0.3) is 5.91 Å². The Hall–Kier alpha value is -2.77. The first-order valence-electron chi connectivity index (χ1n) is 8.47. The third-order valence-electron chi connectivity index (χ3n) is 4.03. The minimum atomic E-state index is -0.644. The van der Waals surface area contributed by atoms with Crippen molar-refractivity contribution in [1.29, 1.82) is 0 Å². The zero-order chi connectivity index (χ0) is 19.6. The summed E-state index contributed by atoms with van der Waals surface area (Å²) in [5.41, 5.74) is 11.3. The van der Waals surface area contributed by atoms with Crippen LogP contribution in [0, 0.1) is 0 Å². The summed E-state index contributed by atoms with van der Waals surface area (Å²) in [4.78, 5) is 39.7. The standard InChI is InChI=1S/C18H26N4O4/c1-11-10-21(17(25)26-18(2,3)4)5-6-22(11)16(24)13-7-12(15(20)23)8-14(19)9-13/h7-9,11H,5-6,10,19H2,1-4H3,(H2,20,23)/t11-/m1/s1. The second-order valence-electron chi connectivity index (χ2n) is 7.48. The number of anilines is 1. The van der Waals surface area contributed by atoms with E-state index < -0.39 is 17.6 Å². The fourth-order valence-corrected chi connectivity index (χ4v) is 2.83. The van der Waals surface area contributed by atoms with Crippen LogP contribution >= 0.6 is 0 Å². The quantitative estimate of drug-likeness (QED) is 0.772. The summed E-state index contributed by atoms with van der Waals surface area (Å²) in [6.07, 6.45) is -0.392. The highest BCUT2D eigenvalue weighted by Crippen LogP contribution is 2.19. The Labute approximate surface area is 153 Å². The molecule has 4 N–H and O–H groups in total. The lowest BCUT2D eigenvalue weighted by molar-refractivity contribution is 0.00617. The van der Waals surface area contributed by atoms with Crippen LogP contribution in [-0.4, -0.2) is 59.0 Å². The van der Waals surface area contributed by atoms with Gasteiger partial charge in [0.1, 0.15) is 5.60 Å². The van der Waals surface area contributed by atoms with Crippen LogP contribution < -0.4 is 11.5 Å². The second-order valence-corrected chi connectivity index (χ2v) is 7.48. The van der Waals surface area contributed by atoms with E-state index in [0.717, 1.165) is 0 Å². The molecule has 1 atom stereocenters. The van der Waals surface area contributed by atoms with Gasteiger partial charge in [0.2, 0.25) is 5.91 Å². The molecule has 0 saturated carbocycles. The van der Waals surface area contributed by atoms with E-state index in [-0.39, 0.29) is 17.5 Å². The van der Waals surface area contributed by atoms with Gasteiger partial charge in [-0.1, -0.05) is 0 Å². The smallest absolute Gasteiger partial charge is 0.410 e. The fraction of sp³-hybridized carbons (Fsp3) is 0.500. The van der Waals surface area contributed by atoms with Crippen LogP contribution in [0.25, 0.3) is 0 Å². The average Bonchev–Trinajstić information content (AvgIpc) is 2.51. The lowest BCUT2D eigenvalue weighted by Crippen LogP contribution is -2.56. The number of amides is 3. The highest BCUT2D eigenvalue weighted by atomic mass is 16.6. The van der Waals surface area contributed by atoms with Gasteiger partial charge >= 0.3 is 6.09 Å². The number of primary amides is 1. The molecule has 1 saturated heterocycles. The molecule has 1 heterocycles. The molecule has 0 aliphatic carbocycles. The van der Waals surface area contributed by atoms with E-state index in [1.165, 1.54) is 18.2 Å². The van der Waals surface area contributed by atoms with Gasteiger partial charge in [0.15, 0.2) is 0 Å². The Morgan fingerprint density at radius 2 is 1.73 bits per heavy atom. The zero-order valence-electron chi connectivity index (χ0n) is 15.6. The van der Waals surface area contributed by atoms with Crippen molar-refractivity contribution in [2.24, 2.45) is 5.73 Å². The Balaban J connectivity index is 2.11. The number of carbonyl (C=O) groups excluding carboxylic acids is 3. The minimum Gasteiger partial charge on any atom is -0.444 e. The van der Waals surface area contributed by atoms with Crippen LogP contribution in [0.4, 0.5) is 10.5 Å². The highest BCUT2D eigenvalue weighted by Gasteiger charge is 2.32. The maximum atomic E-state index is 12.8. The van der Waals surface area contributed by atoms with Crippen LogP contribution in [0.3, 0.4) is 0 Å². The third kappa shape index (κ3) is 4.65. The predicted molar refractivity (Wildman–Crippen MR) is 97.7 cm³/mol. The van der Waals surface area contributed by atoms with Gasteiger partial charge in [0.05, 0.1) is 0 Å². The van der Waals surface area contributed by atoms with Crippen molar-refractivity contribution in [3.05, 3.63) is 29.3 Å². The maximum Gasteiger partial charge on any atom is 0.410 e. The van der Waals surface area contributed by atoms with E-state index in [1.807, 2.05) is 27.7 Å². The van der Waals surface area contributed by atoms with Crippen molar-refractivity contribution in [3.63, 3.8) is 0 Å². The number of benzene rings is 1. The molecule has 8 heteroatoms. The maximum absolute atomic E-state index is 12.8. The third-order valence-corrected chi connectivity index (χ3v) is 4.03. The lowest BCUT2D eigenvalue weighted by atomic mass is 10.1. The molecule has 1 aliphatic heterocycles. The number of nitrogens with two attached hydrogens (primary N) is 2. The summed E-state index contributed by atoms with van der Waals surface area (Å²) >= 11 is 0. The zero-order valence-corrected chi connectivity index (χ0v) is 15.6. The Morgan fingerprint density at radius 3 is 2.27 bits per heavy atom. The molecule has 2 rings (SSSR count). The summed E-state index contributed by atoms with van der Waals surface area (Å²) in [5, 5.41) is 0. The van der Waals surface area contributed by atoms with Crippen LogP contribution in [0.5, 0.6) is 0 Å². The number of hydrogen-bond acceptors (Lipinski definition) is 5. The first-order chi connectivity index (χ1) is 12.0. The molecule has 0 unspecified atom stereocenters. The van der Waals surface area contributed by atoms with Crippen LogP contribution in [0.2, 0.25) is 0 Å². The first-order valence-corrected chi connectivity index (χ1v) is 8.47. The van der Waals surface area contributed by atoms with E-state index >= 15 is 0 Å². The summed E-state index contributed by atoms with van der Waals surface area (Å²) in [5.74, 6) is -0.898. The van der Waals surface area contributed by atoms with Gasteiger partial charge in [0, 0.05) is 42.5 Å². The van der Waals surface area contributed by atoms with Crippen molar-refractivity contribution >= 4 is 23.6 Å². The average molecular weight is 362 g/mol. The van der Waals surface area contributed by atoms with Crippen LogP contribution in [-0.2, 0) is 4.74 Å². The molecule has 1 fully saturated rings. The molecule has 0 spiro atoms. The van der Waals surface area contributed by atoms with E-state index in [1.54, 1.807) is 9.80 Å². The van der Waals surface area contributed by atoms with Crippen molar-refractivity contribution in [2.75, 3.05) is 25.4 Å². The molecule has 8 nitrogen and oxygen atoms in total. The van der Waals surface area contributed by atoms with E-state index in [0.29, 0.717) is 30.9 Å². The van der Waals surface area contributed by atoms with E-state index in [2.05, 4.69) is 0 Å². The van der Waals surface area contributed by atoms with Gasteiger partial charge in [-0.3, -0.25) is 9.59 Å². The Morgan fingerprint density at radius 1 is 1.12 bits per heavy atom. The van der Waals surface area contributed by atoms with E-state index in [9.17, 15) is 14.4 Å². The molecular formula is C18H26N4O4. The number of ether oxygens (including phenoxy) is 1. The first kappa shape index (κ1) is 19.6.